The first-order chi connectivity index (χ1) is 11.3. The molecule has 1 aliphatic rings. The van der Waals surface area contributed by atoms with Gasteiger partial charge in [0.15, 0.2) is 0 Å². The van der Waals surface area contributed by atoms with Crippen molar-refractivity contribution in [1.29, 1.82) is 0 Å². The molecule has 0 radical (unpaired) electrons. The van der Waals surface area contributed by atoms with Gasteiger partial charge in [-0.05, 0) is 49.2 Å². The second-order valence-electron chi connectivity index (χ2n) is 5.84. The first kappa shape index (κ1) is 17.3. The lowest BCUT2D eigenvalue weighted by Gasteiger charge is -2.21. The molecule has 8 heteroatoms. The van der Waals surface area contributed by atoms with Gasteiger partial charge in [-0.1, -0.05) is 11.6 Å². The van der Waals surface area contributed by atoms with Crippen LogP contribution in [-0.4, -0.2) is 26.6 Å². The van der Waals surface area contributed by atoms with Crippen molar-refractivity contribution in [3.05, 3.63) is 50.7 Å². The normalized spacial score (nSPS) is 17.0. The highest BCUT2D eigenvalue weighted by atomic mass is 35.5. The van der Waals surface area contributed by atoms with Gasteiger partial charge in [0.1, 0.15) is 0 Å². The molecular formula is C16H17ClN2O3S2. The summed E-state index contributed by atoms with van der Waals surface area (Å²) >= 11 is 7.30. The van der Waals surface area contributed by atoms with Gasteiger partial charge >= 0.3 is 0 Å². The van der Waals surface area contributed by atoms with E-state index in [2.05, 4.69) is 5.32 Å². The number of amides is 1. The van der Waals surface area contributed by atoms with Crippen molar-refractivity contribution in [2.45, 2.75) is 25.9 Å². The Kier molecular flexibility index (Phi) is 4.59. The molecule has 0 bridgehead atoms. The summed E-state index contributed by atoms with van der Waals surface area (Å²) in [6.07, 6.45) is 1.80. The van der Waals surface area contributed by atoms with Crippen LogP contribution in [-0.2, 0) is 23.0 Å². The van der Waals surface area contributed by atoms with Crippen LogP contribution in [0.5, 0.6) is 0 Å². The van der Waals surface area contributed by atoms with Crippen LogP contribution < -0.4 is 9.62 Å². The highest BCUT2D eigenvalue weighted by Gasteiger charge is 2.32. The number of rotatable bonds is 4. The fourth-order valence-electron chi connectivity index (χ4n) is 2.97. The molecule has 0 aliphatic carbocycles. The maximum absolute atomic E-state index is 12.3. The zero-order valence-electron chi connectivity index (χ0n) is 13.2. The number of thiophene rings is 1. The van der Waals surface area contributed by atoms with Crippen molar-refractivity contribution in [1.82, 2.24) is 5.32 Å². The summed E-state index contributed by atoms with van der Waals surface area (Å²) in [5, 5.41) is 2.85. The summed E-state index contributed by atoms with van der Waals surface area (Å²) < 4.78 is 25.9. The van der Waals surface area contributed by atoms with Crippen molar-refractivity contribution in [3.8, 4) is 0 Å². The van der Waals surface area contributed by atoms with Gasteiger partial charge in [-0.3, -0.25) is 9.10 Å². The third-order valence-corrected chi connectivity index (χ3v) is 6.41. The molecule has 1 N–H and O–H groups in total. The smallest absolute Gasteiger partial charge is 0.251 e. The van der Waals surface area contributed by atoms with E-state index in [9.17, 15) is 13.2 Å². The summed E-state index contributed by atoms with van der Waals surface area (Å²) in [5.74, 6) is -0.187. The Balaban J connectivity index is 1.77. The predicted molar refractivity (Wildman–Crippen MR) is 97.4 cm³/mol. The van der Waals surface area contributed by atoms with Crippen LogP contribution in [0.3, 0.4) is 0 Å². The van der Waals surface area contributed by atoms with Crippen molar-refractivity contribution < 1.29 is 13.2 Å². The van der Waals surface area contributed by atoms with Gasteiger partial charge in [0.2, 0.25) is 10.0 Å². The average Bonchev–Trinajstić information content (AvgIpc) is 3.05. The van der Waals surface area contributed by atoms with Crippen LogP contribution in [0.4, 0.5) is 5.69 Å². The number of hydrogen-bond donors (Lipinski definition) is 1. The Labute approximate surface area is 150 Å². The van der Waals surface area contributed by atoms with Gasteiger partial charge in [0.25, 0.3) is 5.91 Å². The maximum Gasteiger partial charge on any atom is 0.251 e. The number of nitrogens with zero attached hydrogens (tertiary/aromatic N) is 1. The van der Waals surface area contributed by atoms with Crippen molar-refractivity contribution >= 4 is 44.6 Å². The fraction of sp³-hybridized carbons (Fsp3) is 0.312. The molecule has 1 amide bonds. The van der Waals surface area contributed by atoms with Gasteiger partial charge < -0.3 is 5.32 Å². The first-order valence-corrected chi connectivity index (χ1v) is 10.4. The largest absolute Gasteiger partial charge is 0.347 e. The monoisotopic (exact) mass is 384 g/mol. The van der Waals surface area contributed by atoms with E-state index in [0.29, 0.717) is 28.6 Å². The average molecular weight is 385 g/mol. The Morgan fingerprint density at radius 3 is 2.75 bits per heavy atom. The standard InChI is InChI=1S/C16H17ClN2O3S2/c1-10-7-12-8-11(3-5-14(12)19(10)24(2,21)22)16(20)18-9-13-4-6-15(17)23-13/h3-6,8,10H,7,9H2,1-2H3,(H,18,20). The first-order valence-electron chi connectivity index (χ1n) is 7.40. The Morgan fingerprint density at radius 2 is 2.12 bits per heavy atom. The number of halogens is 1. The van der Waals surface area contributed by atoms with Crippen LogP contribution in [0.25, 0.3) is 0 Å². The van der Waals surface area contributed by atoms with Crippen molar-refractivity contribution in [3.63, 3.8) is 0 Å². The fourth-order valence-corrected chi connectivity index (χ4v) is 5.26. The molecule has 0 saturated carbocycles. The van der Waals surface area contributed by atoms with Crippen LogP contribution >= 0.6 is 22.9 Å². The van der Waals surface area contributed by atoms with Crippen LogP contribution in [0.1, 0.15) is 27.7 Å². The van der Waals surface area contributed by atoms with E-state index in [4.69, 9.17) is 11.6 Å². The second kappa shape index (κ2) is 6.38. The Morgan fingerprint density at radius 1 is 1.38 bits per heavy atom. The highest BCUT2D eigenvalue weighted by Crippen LogP contribution is 2.34. The van der Waals surface area contributed by atoms with E-state index < -0.39 is 10.0 Å². The molecule has 1 aromatic heterocycles. The van der Waals surface area contributed by atoms with E-state index in [1.165, 1.54) is 21.9 Å². The van der Waals surface area contributed by atoms with Crippen LogP contribution in [0.15, 0.2) is 30.3 Å². The van der Waals surface area contributed by atoms with Gasteiger partial charge in [-0.25, -0.2) is 8.42 Å². The van der Waals surface area contributed by atoms with E-state index in [-0.39, 0.29) is 11.9 Å². The zero-order chi connectivity index (χ0) is 17.5. The van der Waals surface area contributed by atoms with Crippen molar-refractivity contribution in [2.75, 3.05) is 10.6 Å². The Bertz CT molecular complexity index is 892. The van der Waals surface area contributed by atoms with Gasteiger partial charge in [0.05, 0.1) is 22.8 Å². The third-order valence-electron chi connectivity index (χ3n) is 3.90. The lowest BCUT2D eigenvalue weighted by molar-refractivity contribution is 0.0951. The molecule has 0 fully saturated rings. The lowest BCUT2D eigenvalue weighted by atomic mass is 10.1. The molecule has 24 heavy (non-hydrogen) atoms. The molecule has 1 aliphatic heterocycles. The molecule has 2 heterocycles. The van der Waals surface area contributed by atoms with E-state index in [1.54, 1.807) is 24.3 Å². The van der Waals surface area contributed by atoms with Crippen molar-refractivity contribution in [2.24, 2.45) is 0 Å². The summed E-state index contributed by atoms with van der Waals surface area (Å²) in [5.41, 5.74) is 2.06. The van der Waals surface area contributed by atoms with Gasteiger partial charge in [-0.15, -0.1) is 11.3 Å². The lowest BCUT2D eigenvalue weighted by Crippen LogP contribution is -2.34. The number of fused-ring (bicyclic) bond motifs is 1. The molecule has 3 rings (SSSR count). The maximum atomic E-state index is 12.3. The number of sulfonamides is 1. The van der Waals surface area contributed by atoms with E-state index >= 15 is 0 Å². The van der Waals surface area contributed by atoms with Crippen LogP contribution in [0.2, 0.25) is 4.34 Å². The van der Waals surface area contributed by atoms with Gasteiger partial charge in [-0.2, -0.15) is 0 Å². The van der Waals surface area contributed by atoms with E-state index in [0.717, 1.165) is 10.4 Å². The minimum absolute atomic E-state index is 0.137. The number of benzene rings is 1. The molecule has 1 atom stereocenters. The molecular weight excluding hydrogens is 368 g/mol. The van der Waals surface area contributed by atoms with Crippen LogP contribution in [0, 0.1) is 0 Å². The molecule has 2 aromatic rings. The quantitative estimate of drug-likeness (QED) is 0.881. The topological polar surface area (TPSA) is 66.5 Å². The molecule has 1 unspecified atom stereocenters. The summed E-state index contributed by atoms with van der Waals surface area (Å²) in [7, 11) is -3.32. The second-order valence-corrected chi connectivity index (χ2v) is 9.50. The zero-order valence-corrected chi connectivity index (χ0v) is 15.6. The number of hydrogen-bond acceptors (Lipinski definition) is 4. The Hall–Kier alpha value is -1.57. The molecule has 0 spiro atoms. The van der Waals surface area contributed by atoms with Gasteiger partial charge in [0, 0.05) is 16.5 Å². The summed E-state index contributed by atoms with van der Waals surface area (Å²) in [6.45, 7) is 2.28. The summed E-state index contributed by atoms with van der Waals surface area (Å²) in [4.78, 5) is 13.3. The molecule has 5 nitrogen and oxygen atoms in total. The summed E-state index contributed by atoms with van der Waals surface area (Å²) in [6, 6.07) is 8.67. The number of anilines is 1. The molecule has 128 valence electrons. The minimum atomic E-state index is -3.32. The number of carbonyl (C=O) groups excluding carboxylic acids is 1. The predicted octanol–water partition coefficient (Wildman–Crippen LogP) is 3.04. The molecule has 0 saturated heterocycles. The van der Waals surface area contributed by atoms with E-state index in [1.807, 2.05) is 13.0 Å². The molecule has 1 aromatic carbocycles. The number of nitrogens with one attached hydrogen (secondary N) is 1. The highest BCUT2D eigenvalue weighted by molar-refractivity contribution is 7.92. The SMILES string of the molecule is CC1Cc2cc(C(=O)NCc3ccc(Cl)s3)ccc2N1S(C)(=O)=O. The minimum Gasteiger partial charge on any atom is -0.347 e. The number of carbonyl (C=O) groups is 1. The third kappa shape index (κ3) is 3.43.